The van der Waals surface area contributed by atoms with Crippen LogP contribution in [0, 0.1) is 0 Å². The van der Waals surface area contributed by atoms with Gasteiger partial charge in [-0.1, -0.05) is 13.5 Å². The molecule has 0 aliphatic heterocycles. The van der Waals surface area contributed by atoms with E-state index in [4.69, 9.17) is 5.73 Å². The number of sulfonamides is 1. The average Bonchev–Trinajstić information content (AvgIpc) is 2.05. The fraction of sp³-hybridized carbons (Fsp3) is 0.250. The van der Waals surface area contributed by atoms with Gasteiger partial charge < -0.3 is 5.73 Å². The van der Waals surface area contributed by atoms with Gasteiger partial charge in [0.15, 0.2) is 0 Å². The first-order valence-electron chi connectivity index (χ1n) is 3.79. The van der Waals surface area contributed by atoms with Crippen LogP contribution in [0.1, 0.15) is 6.92 Å². The van der Waals surface area contributed by atoms with E-state index >= 15 is 0 Å². The highest BCUT2D eigenvalue weighted by molar-refractivity contribution is 7.93. The molecule has 0 aromatic rings. The van der Waals surface area contributed by atoms with Crippen LogP contribution in [-0.4, -0.2) is 15.0 Å². The van der Waals surface area contributed by atoms with Crippen molar-refractivity contribution in [3.63, 3.8) is 0 Å². The summed E-state index contributed by atoms with van der Waals surface area (Å²) in [5, 5.41) is 0. The van der Waals surface area contributed by atoms with E-state index in [9.17, 15) is 8.42 Å². The number of hydrogen-bond donors (Lipinski definition) is 2. The van der Waals surface area contributed by atoms with Crippen LogP contribution < -0.4 is 10.5 Å². The highest BCUT2D eigenvalue weighted by atomic mass is 32.2. The van der Waals surface area contributed by atoms with E-state index in [1.807, 2.05) is 0 Å². The van der Waals surface area contributed by atoms with Crippen molar-refractivity contribution >= 4 is 10.0 Å². The fourth-order valence-corrected chi connectivity index (χ4v) is 1.71. The third-order valence-electron chi connectivity index (χ3n) is 1.22. The zero-order chi connectivity index (χ0) is 10.3. The molecule has 0 bridgehead atoms. The van der Waals surface area contributed by atoms with Crippen molar-refractivity contribution in [2.45, 2.75) is 6.92 Å². The van der Waals surface area contributed by atoms with Crippen LogP contribution in [0.15, 0.2) is 35.9 Å². The van der Waals surface area contributed by atoms with Gasteiger partial charge in [0.05, 0.1) is 4.91 Å². The molecule has 0 atom stereocenters. The number of nitrogens with one attached hydrogen (secondary N) is 1. The Morgan fingerprint density at radius 1 is 1.62 bits per heavy atom. The van der Waals surface area contributed by atoms with Crippen molar-refractivity contribution in [1.82, 2.24) is 4.72 Å². The fourth-order valence-electron chi connectivity index (χ4n) is 0.691. The molecule has 0 aliphatic rings. The molecular formula is C8H14N2O2S. The molecule has 0 rings (SSSR count). The third-order valence-corrected chi connectivity index (χ3v) is 2.81. The van der Waals surface area contributed by atoms with E-state index in [2.05, 4.69) is 11.3 Å². The molecule has 0 aliphatic carbocycles. The summed E-state index contributed by atoms with van der Waals surface area (Å²) < 4.78 is 25.0. The first-order chi connectivity index (χ1) is 6.08. The molecule has 0 saturated carbocycles. The van der Waals surface area contributed by atoms with E-state index in [-0.39, 0.29) is 4.91 Å². The molecule has 4 nitrogen and oxygen atoms in total. The Bertz CT molecular complexity index is 315. The Hall–Kier alpha value is -1.07. The predicted octanol–water partition coefficient (Wildman–Crippen LogP) is 0.468. The molecule has 5 heteroatoms. The quantitative estimate of drug-likeness (QED) is 0.636. The van der Waals surface area contributed by atoms with Crippen LogP contribution in [0.4, 0.5) is 0 Å². The van der Waals surface area contributed by atoms with E-state index in [0.29, 0.717) is 6.54 Å². The first kappa shape index (κ1) is 11.9. The van der Waals surface area contributed by atoms with Gasteiger partial charge in [0.25, 0.3) is 0 Å². The largest absolute Gasteiger partial charge is 0.405 e. The summed E-state index contributed by atoms with van der Waals surface area (Å²) in [4.78, 5) is 0.107. The van der Waals surface area contributed by atoms with Gasteiger partial charge in [-0.3, -0.25) is 0 Å². The van der Waals surface area contributed by atoms with Crippen LogP contribution in [0.3, 0.4) is 0 Å². The molecule has 0 aromatic heterocycles. The van der Waals surface area contributed by atoms with E-state index in [1.165, 1.54) is 24.4 Å². The van der Waals surface area contributed by atoms with Crippen LogP contribution in [0.2, 0.25) is 0 Å². The van der Waals surface area contributed by atoms with Crippen LogP contribution >= 0.6 is 0 Å². The summed E-state index contributed by atoms with van der Waals surface area (Å²) >= 11 is 0. The summed E-state index contributed by atoms with van der Waals surface area (Å²) in [6, 6.07) is 0. The second kappa shape index (κ2) is 5.55. The van der Waals surface area contributed by atoms with Crippen LogP contribution in [0.25, 0.3) is 0 Å². The molecule has 13 heavy (non-hydrogen) atoms. The highest BCUT2D eigenvalue weighted by Gasteiger charge is 2.11. The summed E-state index contributed by atoms with van der Waals surface area (Å²) in [7, 11) is -3.41. The molecule has 0 saturated heterocycles. The zero-order valence-electron chi connectivity index (χ0n) is 7.53. The number of rotatable bonds is 5. The van der Waals surface area contributed by atoms with E-state index in [1.54, 1.807) is 6.92 Å². The van der Waals surface area contributed by atoms with Crippen molar-refractivity contribution in [2.24, 2.45) is 5.73 Å². The highest BCUT2D eigenvalue weighted by Crippen LogP contribution is 2.04. The standard InChI is InChI=1S/C8H14N2O2S/c1-3-8(6-5-7-9)13(11,12)10-4-2/h3,5-7,10H,1,4,9H2,2H3/b7-5-,8-6+. The summed E-state index contributed by atoms with van der Waals surface area (Å²) in [5.74, 6) is 0. The van der Waals surface area contributed by atoms with Crippen molar-refractivity contribution < 1.29 is 8.42 Å². The van der Waals surface area contributed by atoms with Crippen molar-refractivity contribution in [3.8, 4) is 0 Å². The molecule has 74 valence electrons. The second-order valence-corrected chi connectivity index (χ2v) is 3.93. The molecule has 0 aromatic carbocycles. The number of hydrogen-bond acceptors (Lipinski definition) is 3. The Balaban J connectivity index is 4.88. The maximum Gasteiger partial charge on any atom is 0.240 e. The summed E-state index contributed by atoms with van der Waals surface area (Å²) in [6.07, 6.45) is 5.33. The summed E-state index contributed by atoms with van der Waals surface area (Å²) in [5.41, 5.74) is 5.07. The molecule has 0 fully saturated rings. The minimum atomic E-state index is -3.41. The monoisotopic (exact) mass is 202 g/mol. The number of allylic oxidation sites excluding steroid dienone is 3. The van der Waals surface area contributed by atoms with Gasteiger partial charge in [-0.05, 0) is 24.4 Å². The maximum absolute atomic E-state index is 11.3. The predicted molar refractivity (Wildman–Crippen MR) is 54.2 cm³/mol. The minimum Gasteiger partial charge on any atom is -0.405 e. The Labute approximate surface area is 78.9 Å². The Morgan fingerprint density at radius 3 is 2.62 bits per heavy atom. The lowest BCUT2D eigenvalue weighted by atomic mass is 10.5. The molecule has 0 amide bonds. The van der Waals surface area contributed by atoms with Crippen LogP contribution in [0.5, 0.6) is 0 Å². The summed E-state index contributed by atoms with van der Waals surface area (Å²) in [6.45, 7) is 5.45. The Morgan fingerprint density at radius 2 is 2.23 bits per heavy atom. The van der Waals surface area contributed by atoms with Crippen molar-refractivity contribution in [2.75, 3.05) is 6.54 Å². The van der Waals surface area contributed by atoms with Crippen molar-refractivity contribution in [3.05, 3.63) is 35.9 Å². The molecule has 0 spiro atoms. The van der Waals surface area contributed by atoms with E-state index < -0.39 is 10.0 Å². The molecule has 0 radical (unpaired) electrons. The van der Waals surface area contributed by atoms with Gasteiger partial charge in [0.2, 0.25) is 10.0 Å². The molecular weight excluding hydrogens is 188 g/mol. The Kier molecular flexibility index (Phi) is 5.10. The van der Waals surface area contributed by atoms with Gasteiger partial charge in [-0.25, -0.2) is 13.1 Å². The lowest BCUT2D eigenvalue weighted by molar-refractivity contribution is 0.591. The SMILES string of the molecule is C=C/C(=C\C=C/N)S(=O)(=O)NCC. The van der Waals surface area contributed by atoms with Gasteiger partial charge in [0.1, 0.15) is 0 Å². The average molecular weight is 202 g/mol. The van der Waals surface area contributed by atoms with Gasteiger partial charge >= 0.3 is 0 Å². The van der Waals surface area contributed by atoms with Crippen LogP contribution in [-0.2, 0) is 10.0 Å². The molecule has 0 heterocycles. The minimum absolute atomic E-state index is 0.107. The lowest BCUT2D eigenvalue weighted by Gasteiger charge is -2.03. The van der Waals surface area contributed by atoms with Gasteiger partial charge in [-0.2, -0.15) is 0 Å². The van der Waals surface area contributed by atoms with Gasteiger partial charge in [0, 0.05) is 6.54 Å². The topological polar surface area (TPSA) is 72.2 Å². The van der Waals surface area contributed by atoms with E-state index in [0.717, 1.165) is 0 Å². The van der Waals surface area contributed by atoms with Crippen molar-refractivity contribution in [1.29, 1.82) is 0 Å². The normalized spacial score (nSPS) is 13.5. The smallest absolute Gasteiger partial charge is 0.240 e. The first-order valence-corrected chi connectivity index (χ1v) is 5.27. The molecule has 3 N–H and O–H groups in total. The maximum atomic E-state index is 11.3. The lowest BCUT2D eigenvalue weighted by Crippen LogP contribution is -2.23. The zero-order valence-corrected chi connectivity index (χ0v) is 8.34. The molecule has 0 unspecified atom stereocenters. The van der Waals surface area contributed by atoms with Gasteiger partial charge in [-0.15, -0.1) is 0 Å². The third kappa shape index (κ3) is 3.91. The number of nitrogens with two attached hydrogens (primary N) is 1. The second-order valence-electron chi connectivity index (χ2n) is 2.16.